The topological polar surface area (TPSA) is 56.2 Å². The lowest BCUT2D eigenvalue weighted by Crippen LogP contribution is -2.48. The SMILES string of the molecule is CN1CCCC(Oc2ccccc2N2CCN(C(=O)O)CC2)C1. The molecule has 2 aliphatic heterocycles. The third kappa shape index (κ3) is 3.88. The monoisotopic (exact) mass is 319 g/mol. The summed E-state index contributed by atoms with van der Waals surface area (Å²) in [5.41, 5.74) is 1.07. The summed E-state index contributed by atoms with van der Waals surface area (Å²) >= 11 is 0. The Bertz CT molecular complexity index is 544. The number of amides is 1. The van der Waals surface area contributed by atoms with Crippen LogP contribution >= 0.6 is 0 Å². The van der Waals surface area contributed by atoms with Crippen LogP contribution < -0.4 is 9.64 Å². The number of para-hydroxylation sites is 2. The van der Waals surface area contributed by atoms with Gasteiger partial charge in [-0.15, -0.1) is 0 Å². The van der Waals surface area contributed by atoms with Crippen LogP contribution in [-0.2, 0) is 0 Å². The molecule has 1 unspecified atom stereocenters. The molecule has 2 saturated heterocycles. The molecule has 0 aliphatic carbocycles. The molecule has 1 amide bonds. The highest BCUT2D eigenvalue weighted by molar-refractivity contribution is 5.66. The highest BCUT2D eigenvalue weighted by Gasteiger charge is 2.24. The quantitative estimate of drug-likeness (QED) is 0.923. The van der Waals surface area contributed by atoms with Gasteiger partial charge in [0.15, 0.2) is 0 Å². The Morgan fingerprint density at radius 3 is 2.61 bits per heavy atom. The van der Waals surface area contributed by atoms with Crippen molar-refractivity contribution in [1.29, 1.82) is 0 Å². The fraction of sp³-hybridized carbons (Fsp3) is 0.588. The van der Waals surface area contributed by atoms with Gasteiger partial charge in [-0.2, -0.15) is 0 Å². The van der Waals surface area contributed by atoms with Crippen molar-refractivity contribution in [2.75, 3.05) is 51.2 Å². The lowest BCUT2D eigenvalue weighted by atomic mass is 10.1. The average molecular weight is 319 g/mol. The summed E-state index contributed by atoms with van der Waals surface area (Å²) in [5, 5.41) is 9.07. The van der Waals surface area contributed by atoms with Crippen LogP contribution in [0.3, 0.4) is 0 Å². The number of carboxylic acid groups (broad SMARTS) is 1. The molecule has 2 fully saturated rings. The van der Waals surface area contributed by atoms with Crippen LogP contribution in [-0.4, -0.2) is 73.4 Å². The van der Waals surface area contributed by atoms with Gasteiger partial charge in [-0.25, -0.2) is 4.79 Å². The lowest BCUT2D eigenvalue weighted by Gasteiger charge is -2.36. The first-order chi connectivity index (χ1) is 11.1. The predicted molar refractivity (Wildman–Crippen MR) is 89.4 cm³/mol. The van der Waals surface area contributed by atoms with Gasteiger partial charge in [-0.1, -0.05) is 12.1 Å². The van der Waals surface area contributed by atoms with E-state index in [1.54, 1.807) is 0 Å². The first kappa shape index (κ1) is 15.9. The van der Waals surface area contributed by atoms with Gasteiger partial charge >= 0.3 is 6.09 Å². The van der Waals surface area contributed by atoms with E-state index in [-0.39, 0.29) is 6.10 Å². The summed E-state index contributed by atoms with van der Waals surface area (Å²) in [4.78, 5) is 17.0. The molecule has 23 heavy (non-hydrogen) atoms. The second-order valence-electron chi connectivity index (χ2n) is 6.37. The number of piperazine rings is 1. The van der Waals surface area contributed by atoms with Crippen molar-refractivity contribution in [2.45, 2.75) is 18.9 Å². The van der Waals surface area contributed by atoms with Crippen LogP contribution in [0.4, 0.5) is 10.5 Å². The van der Waals surface area contributed by atoms with Crippen molar-refractivity contribution in [3.05, 3.63) is 24.3 Å². The molecule has 2 aliphatic rings. The van der Waals surface area contributed by atoms with Gasteiger partial charge in [-0.3, -0.25) is 0 Å². The number of carbonyl (C=O) groups is 1. The highest BCUT2D eigenvalue weighted by Crippen LogP contribution is 2.30. The number of rotatable bonds is 3. The van der Waals surface area contributed by atoms with Crippen LogP contribution in [0, 0.1) is 0 Å². The Balaban J connectivity index is 1.67. The molecule has 1 aromatic carbocycles. The average Bonchev–Trinajstić information content (AvgIpc) is 2.55. The lowest BCUT2D eigenvalue weighted by molar-refractivity contribution is 0.104. The minimum absolute atomic E-state index is 0.232. The maximum absolute atomic E-state index is 11.0. The molecule has 1 aromatic rings. The number of hydrogen-bond donors (Lipinski definition) is 1. The van der Waals surface area contributed by atoms with Gasteiger partial charge in [0.1, 0.15) is 11.9 Å². The summed E-state index contributed by atoms with van der Waals surface area (Å²) < 4.78 is 6.27. The molecule has 0 spiro atoms. The van der Waals surface area contributed by atoms with E-state index in [9.17, 15) is 4.79 Å². The third-order valence-electron chi connectivity index (χ3n) is 4.63. The zero-order chi connectivity index (χ0) is 16.2. The summed E-state index contributed by atoms with van der Waals surface area (Å²) in [6, 6.07) is 8.10. The minimum atomic E-state index is -0.834. The number of benzene rings is 1. The van der Waals surface area contributed by atoms with E-state index >= 15 is 0 Å². The summed E-state index contributed by atoms with van der Waals surface area (Å²) in [7, 11) is 2.13. The minimum Gasteiger partial charge on any atom is -0.487 e. The summed E-state index contributed by atoms with van der Waals surface area (Å²) in [6.45, 7) is 4.58. The molecule has 0 radical (unpaired) electrons. The standard InChI is InChI=1S/C17H25N3O3/c1-18-8-4-5-14(13-18)23-16-7-3-2-6-15(16)19-9-11-20(12-10-19)17(21)22/h2-3,6-7,14H,4-5,8-13H2,1H3,(H,21,22). The largest absolute Gasteiger partial charge is 0.487 e. The van der Waals surface area contributed by atoms with Crippen LogP contribution in [0.15, 0.2) is 24.3 Å². The Morgan fingerprint density at radius 1 is 1.17 bits per heavy atom. The van der Waals surface area contributed by atoms with E-state index in [0.717, 1.165) is 30.9 Å². The summed E-state index contributed by atoms with van der Waals surface area (Å²) in [6.07, 6.45) is 1.65. The second kappa shape index (κ2) is 7.08. The first-order valence-electron chi connectivity index (χ1n) is 8.30. The Labute approximate surface area is 137 Å². The van der Waals surface area contributed by atoms with Crippen molar-refractivity contribution in [3.8, 4) is 5.75 Å². The van der Waals surface area contributed by atoms with Gasteiger partial charge in [-0.05, 0) is 38.6 Å². The fourth-order valence-electron chi connectivity index (χ4n) is 3.35. The van der Waals surface area contributed by atoms with Crippen LogP contribution in [0.5, 0.6) is 5.75 Å². The molecule has 1 atom stereocenters. The normalized spacial score (nSPS) is 22.9. The number of hydrogen-bond acceptors (Lipinski definition) is 4. The van der Waals surface area contributed by atoms with Gasteiger partial charge in [0, 0.05) is 32.7 Å². The first-order valence-corrected chi connectivity index (χ1v) is 8.30. The summed E-state index contributed by atoms with van der Waals surface area (Å²) in [5.74, 6) is 0.913. The Hall–Kier alpha value is -1.95. The van der Waals surface area contributed by atoms with Crippen molar-refractivity contribution < 1.29 is 14.6 Å². The zero-order valence-corrected chi connectivity index (χ0v) is 13.6. The number of piperidine rings is 1. The van der Waals surface area contributed by atoms with Gasteiger partial charge < -0.3 is 24.5 Å². The van der Waals surface area contributed by atoms with E-state index in [4.69, 9.17) is 9.84 Å². The highest BCUT2D eigenvalue weighted by atomic mass is 16.5. The van der Waals surface area contributed by atoms with E-state index in [2.05, 4.69) is 22.9 Å². The van der Waals surface area contributed by atoms with Crippen molar-refractivity contribution >= 4 is 11.8 Å². The molecule has 1 N–H and O–H groups in total. The Kier molecular flexibility index (Phi) is 4.91. The molecular formula is C17H25N3O3. The molecule has 0 bridgehead atoms. The van der Waals surface area contributed by atoms with Gasteiger partial charge in [0.2, 0.25) is 0 Å². The third-order valence-corrected chi connectivity index (χ3v) is 4.63. The number of likely N-dealkylation sites (N-methyl/N-ethyl adjacent to an activating group) is 1. The predicted octanol–water partition coefficient (Wildman–Crippen LogP) is 1.96. The zero-order valence-electron chi connectivity index (χ0n) is 13.6. The molecule has 0 aromatic heterocycles. The van der Waals surface area contributed by atoms with Crippen molar-refractivity contribution in [2.24, 2.45) is 0 Å². The van der Waals surface area contributed by atoms with E-state index < -0.39 is 6.09 Å². The van der Waals surface area contributed by atoms with Gasteiger partial charge in [0.25, 0.3) is 0 Å². The fourth-order valence-corrected chi connectivity index (χ4v) is 3.35. The van der Waals surface area contributed by atoms with E-state index in [0.29, 0.717) is 26.2 Å². The second-order valence-corrected chi connectivity index (χ2v) is 6.37. The number of ether oxygens (including phenoxy) is 1. The molecule has 0 saturated carbocycles. The molecule has 6 nitrogen and oxygen atoms in total. The van der Waals surface area contributed by atoms with E-state index in [1.165, 1.54) is 11.3 Å². The van der Waals surface area contributed by atoms with Crippen LogP contribution in [0.2, 0.25) is 0 Å². The van der Waals surface area contributed by atoms with Gasteiger partial charge in [0.05, 0.1) is 5.69 Å². The smallest absolute Gasteiger partial charge is 0.407 e. The maximum Gasteiger partial charge on any atom is 0.407 e. The molecular weight excluding hydrogens is 294 g/mol. The molecule has 3 rings (SSSR count). The molecule has 2 heterocycles. The number of anilines is 1. The van der Waals surface area contributed by atoms with E-state index in [1.807, 2.05) is 18.2 Å². The van der Waals surface area contributed by atoms with Crippen LogP contribution in [0.25, 0.3) is 0 Å². The number of nitrogens with zero attached hydrogens (tertiary/aromatic N) is 3. The van der Waals surface area contributed by atoms with Crippen LogP contribution in [0.1, 0.15) is 12.8 Å². The molecule has 126 valence electrons. The van der Waals surface area contributed by atoms with Crippen molar-refractivity contribution in [3.63, 3.8) is 0 Å². The molecule has 6 heteroatoms. The van der Waals surface area contributed by atoms with Crippen molar-refractivity contribution in [1.82, 2.24) is 9.80 Å². The number of likely N-dealkylation sites (tertiary alicyclic amines) is 1. The maximum atomic E-state index is 11.0. The Morgan fingerprint density at radius 2 is 1.91 bits per heavy atom.